The predicted octanol–water partition coefficient (Wildman–Crippen LogP) is 3.11. The SMILES string of the molecule is CCCC(c1nnnn1Cc1ccc2c(c1)OCO2)N1CCN(Cc2ccccc2)CC1. The molecule has 8 nitrogen and oxygen atoms in total. The largest absolute Gasteiger partial charge is 0.454 e. The zero-order valence-corrected chi connectivity index (χ0v) is 18.6. The smallest absolute Gasteiger partial charge is 0.231 e. The molecule has 1 atom stereocenters. The van der Waals surface area contributed by atoms with Crippen LogP contribution in [0.15, 0.2) is 48.5 Å². The zero-order chi connectivity index (χ0) is 21.8. The van der Waals surface area contributed by atoms with Crippen molar-refractivity contribution in [3.63, 3.8) is 0 Å². The van der Waals surface area contributed by atoms with Crippen LogP contribution in [0.25, 0.3) is 0 Å². The summed E-state index contributed by atoms with van der Waals surface area (Å²) in [5.41, 5.74) is 2.48. The Bertz CT molecular complexity index is 1020. The normalized spacial score (nSPS) is 17.5. The van der Waals surface area contributed by atoms with E-state index in [0.717, 1.165) is 68.5 Å². The van der Waals surface area contributed by atoms with Crippen molar-refractivity contribution in [1.82, 2.24) is 30.0 Å². The van der Waals surface area contributed by atoms with Gasteiger partial charge in [0, 0.05) is 32.7 Å². The molecule has 1 fully saturated rings. The average molecular weight is 435 g/mol. The van der Waals surface area contributed by atoms with E-state index in [0.29, 0.717) is 6.54 Å². The van der Waals surface area contributed by atoms with Gasteiger partial charge in [0.05, 0.1) is 12.6 Å². The van der Waals surface area contributed by atoms with Crippen LogP contribution in [0.4, 0.5) is 0 Å². The van der Waals surface area contributed by atoms with Gasteiger partial charge in [-0.1, -0.05) is 49.7 Å². The molecule has 3 heterocycles. The molecule has 0 amide bonds. The van der Waals surface area contributed by atoms with Gasteiger partial charge in [-0.15, -0.1) is 5.10 Å². The standard InChI is InChI=1S/C24H30N6O2/c1-2-6-21(29-13-11-28(12-14-29)16-19-7-4-3-5-8-19)24-25-26-27-30(24)17-20-9-10-22-23(15-20)32-18-31-22/h3-5,7-10,15,21H,2,6,11-14,16-18H2,1H3. The fourth-order valence-electron chi connectivity index (χ4n) is 4.60. The average Bonchev–Trinajstić information content (AvgIpc) is 3.48. The van der Waals surface area contributed by atoms with Crippen molar-refractivity contribution < 1.29 is 9.47 Å². The Labute approximate surface area is 188 Å². The van der Waals surface area contributed by atoms with Crippen LogP contribution in [0.3, 0.4) is 0 Å². The van der Waals surface area contributed by atoms with E-state index >= 15 is 0 Å². The quantitative estimate of drug-likeness (QED) is 0.540. The number of ether oxygens (including phenoxy) is 2. The highest BCUT2D eigenvalue weighted by Gasteiger charge is 2.28. The predicted molar refractivity (Wildman–Crippen MR) is 120 cm³/mol. The topological polar surface area (TPSA) is 68.5 Å². The van der Waals surface area contributed by atoms with E-state index in [1.165, 1.54) is 5.56 Å². The highest BCUT2D eigenvalue weighted by Crippen LogP contribution is 2.33. The van der Waals surface area contributed by atoms with E-state index in [1.54, 1.807) is 0 Å². The van der Waals surface area contributed by atoms with Crippen molar-refractivity contribution in [2.24, 2.45) is 0 Å². The molecule has 8 heteroatoms. The number of fused-ring (bicyclic) bond motifs is 1. The molecule has 2 aromatic carbocycles. The second-order valence-electron chi connectivity index (χ2n) is 8.48. The summed E-state index contributed by atoms with van der Waals surface area (Å²) in [6, 6.07) is 17.0. The van der Waals surface area contributed by atoms with Gasteiger partial charge in [-0.25, -0.2) is 4.68 Å². The van der Waals surface area contributed by atoms with E-state index < -0.39 is 0 Å². The second-order valence-corrected chi connectivity index (χ2v) is 8.48. The summed E-state index contributed by atoms with van der Waals surface area (Å²) < 4.78 is 12.9. The molecule has 1 unspecified atom stereocenters. The van der Waals surface area contributed by atoms with Crippen molar-refractivity contribution in [1.29, 1.82) is 0 Å². The third-order valence-corrected chi connectivity index (χ3v) is 6.29. The van der Waals surface area contributed by atoms with Crippen LogP contribution in [0.2, 0.25) is 0 Å². The molecule has 3 aromatic rings. The lowest BCUT2D eigenvalue weighted by molar-refractivity contribution is 0.0820. The first-order valence-corrected chi connectivity index (χ1v) is 11.4. The Hall–Kier alpha value is -2.97. The first-order chi connectivity index (χ1) is 15.8. The maximum atomic E-state index is 5.53. The summed E-state index contributed by atoms with van der Waals surface area (Å²) in [5.74, 6) is 2.53. The molecule has 0 spiro atoms. The summed E-state index contributed by atoms with van der Waals surface area (Å²) in [6.07, 6.45) is 2.13. The molecule has 0 N–H and O–H groups in total. The van der Waals surface area contributed by atoms with Crippen LogP contribution in [0.1, 0.15) is 42.8 Å². The van der Waals surface area contributed by atoms with Gasteiger partial charge >= 0.3 is 0 Å². The molecule has 0 aliphatic carbocycles. The van der Waals surface area contributed by atoms with Crippen molar-refractivity contribution in [2.75, 3.05) is 33.0 Å². The van der Waals surface area contributed by atoms with Gasteiger partial charge in [-0.3, -0.25) is 9.80 Å². The molecule has 0 saturated carbocycles. The number of aromatic nitrogens is 4. The van der Waals surface area contributed by atoms with Gasteiger partial charge in [-0.2, -0.15) is 0 Å². The monoisotopic (exact) mass is 434 g/mol. The molecule has 5 rings (SSSR count). The highest BCUT2D eigenvalue weighted by atomic mass is 16.7. The molecule has 0 radical (unpaired) electrons. The van der Waals surface area contributed by atoms with E-state index in [4.69, 9.17) is 9.47 Å². The maximum Gasteiger partial charge on any atom is 0.231 e. The lowest BCUT2D eigenvalue weighted by Crippen LogP contribution is -2.47. The lowest BCUT2D eigenvalue weighted by atomic mass is 10.1. The molecule has 1 aromatic heterocycles. The van der Waals surface area contributed by atoms with Crippen LogP contribution < -0.4 is 9.47 Å². The minimum absolute atomic E-state index is 0.225. The Morgan fingerprint density at radius 1 is 0.906 bits per heavy atom. The summed E-state index contributed by atoms with van der Waals surface area (Å²) in [4.78, 5) is 5.08. The van der Waals surface area contributed by atoms with Gasteiger partial charge in [0.15, 0.2) is 17.3 Å². The van der Waals surface area contributed by atoms with E-state index in [2.05, 4.69) is 68.6 Å². The summed E-state index contributed by atoms with van der Waals surface area (Å²) in [5, 5.41) is 12.8. The van der Waals surface area contributed by atoms with Gasteiger partial charge in [0.25, 0.3) is 0 Å². The number of benzene rings is 2. The van der Waals surface area contributed by atoms with Gasteiger partial charge in [0.1, 0.15) is 0 Å². The minimum Gasteiger partial charge on any atom is -0.454 e. The van der Waals surface area contributed by atoms with Crippen LogP contribution in [0, 0.1) is 0 Å². The molecule has 0 bridgehead atoms. The van der Waals surface area contributed by atoms with Gasteiger partial charge in [0.2, 0.25) is 6.79 Å². The first kappa shape index (κ1) is 20.9. The van der Waals surface area contributed by atoms with Crippen LogP contribution in [-0.4, -0.2) is 63.0 Å². The molecule has 2 aliphatic heterocycles. The van der Waals surface area contributed by atoms with Crippen molar-refractivity contribution in [3.8, 4) is 11.5 Å². The maximum absolute atomic E-state index is 5.53. The first-order valence-electron chi connectivity index (χ1n) is 11.4. The van der Waals surface area contributed by atoms with Crippen LogP contribution in [-0.2, 0) is 13.1 Å². The molecule has 32 heavy (non-hydrogen) atoms. The summed E-state index contributed by atoms with van der Waals surface area (Å²) in [6.45, 7) is 8.29. The van der Waals surface area contributed by atoms with E-state index in [1.807, 2.05) is 16.8 Å². The molecule has 2 aliphatic rings. The third kappa shape index (κ3) is 4.61. The minimum atomic E-state index is 0.225. The number of tetrazole rings is 1. The number of hydrogen-bond donors (Lipinski definition) is 0. The van der Waals surface area contributed by atoms with Crippen molar-refractivity contribution >= 4 is 0 Å². The number of nitrogens with zero attached hydrogens (tertiary/aromatic N) is 6. The van der Waals surface area contributed by atoms with Gasteiger partial charge < -0.3 is 9.47 Å². The molecule has 1 saturated heterocycles. The number of rotatable bonds is 8. The number of hydrogen-bond acceptors (Lipinski definition) is 7. The summed E-state index contributed by atoms with van der Waals surface area (Å²) in [7, 11) is 0. The van der Waals surface area contributed by atoms with Crippen LogP contribution >= 0.6 is 0 Å². The van der Waals surface area contributed by atoms with E-state index in [9.17, 15) is 0 Å². The Morgan fingerprint density at radius 2 is 1.72 bits per heavy atom. The molecular formula is C24H30N6O2. The third-order valence-electron chi connectivity index (χ3n) is 6.29. The van der Waals surface area contributed by atoms with Crippen molar-refractivity contribution in [3.05, 3.63) is 65.5 Å². The fourth-order valence-corrected chi connectivity index (χ4v) is 4.60. The summed E-state index contributed by atoms with van der Waals surface area (Å²) >= 11 is 0. The van der Waals surface area contributed by atoms with Crippen molar-refractivity contribution in [2.45, 2.75) is 38.9 Å². The second kappa shape index (κ2) is 9.67. The fraction of sp³-hybridized carbons (Fsp3) is 0.458. The van der Waals surface area contributed by atoms with E-state index in [-0.39, 0.29) is 12.8 Å². The highest BCUT2D eigenvalue weighted by molar-refractivity contribution is 5.44. The Balaban J connectivity index is 1.26. The Morgan fingerprint density at radius 3 is 2.53 bits per heavy atom. The van der Waals surface area contributed by atoms with Crippen LogP contribution in [0.5, 0.6) is 11.5 Å². The van der Waals surface area contributed by atoms with Gasteiger partial charge in [-0.05, 0) is 40.1 Å². The zero-order valence-electron chi connectivity index (χ0n) is 18.6. The molecular weight excluding hydrogens is 404 g/mol. The Kier molecular flexibility index (Phi) is 6.31. The lowest BCUT2D eigenvalue weighted by Gasteiger charge is -2.38. The molecule has 168 valence electrons. The number of piperazine rings is 1.